The molecule has 2 rings (SSSR count). The zero-order valence-corrected chi connectivity index (χ0v) is 5.86. The van der Waals surface area contributed by atoms with E-state index in [-0.39, 0.29) is 0 Å². The van der Waals surface area contributed by atoms with E-state index < -0.39 is 0 Å². The minimum atomic E-state index is 0.701. The normalized spacial score (nSPS) is 10.2. The largest absolute Gasteiger partial charge is 0.398 e. The van der Waals surface area contributed by atoms with E-state index in [1.807, 2.05) is 12.1 Å². The van der Waals surface area contributed by atoms with Crippen LogP contribution in [0.5, 0.6) is 0 Å². The van der Waals surface area contributed by atoms with E-state index >= 15 is 0 Å². The topological polar surface area (TPSA) is 51.8 Å². The van der Waals surface area contributed by atoms with E-state index in [1.165, 1.54) is 0 Å². The molecule has 0 aliphatic carbocycles. The van der Waals surface area contributed by atoms with Crippen molar-refractivity contribution in [2.24, 2.45) is 0 Å². The molecule has 2 N–H and O–H groups in total. The van der Waals surface area contributed by atoms with Crippen molar-refractivity contribution < 1.29 is 0 Å². The number of hydrogen-bond acceptors (Lipinski definition) is 3. The average Bonchev–Trinajstić information content (AvgIpc) is 2.06. The van der Waals surface area contributed by atoms with Crippen LogP contribution >= 0.6 is 0 Å². The third kappa shape index (κ3) is 0.902. The van der Waals surface area contributed by atoms with Crippen LogP contribution in [0.25, 0.3) is 11.0 Å². The highest BCUT2D eigenvalue weighted by molar-refractivity contribution is 5.86. The second-order valence-corrected chi connectivity index (χ2v) is 2.27. The second-order valence-electron chi connectivity index (χ2n) is 2.27. The Kier molecular flexibility index (Phi) is 1.22. The molecule has 0 aromatic carbocycles. The van der Waals surface area contributed by atoms with Crippen LogP contribution in [-0.4, -0.2) is 9.97 Å². The van der Waals surface area contributed by atoms with Crippen LogP contribution in [0, 0.1) is 0 Å². The molecule has 11 heavy (non-hydrogen) atoms. The zero-order chi connectivity index (χ0) is 7.68. The summed E-state index contributed by atoms with van der Waals surface area (Å²) in [4.78, 5) is 8.10. The third-order valence-electron chi connectivity index (χ3n) is 1.55. The van der Waals surface area contributed by atoms with Gasteiger partial charge in [-0.1, -0.05) is 0 Å². The first kappa shape index (κ1) is 6.09. The van der Waals surface area contributed by atoms with Gasteiger partial charge in [0.05, 0.1) is 0 Å². The smallest absolute Gasteiger partial charge is 0.161 e. The summed E-state index contributed by atoms with van der Waals surface area (Å²) in [6, 6.07) is 5.52. The summed E-state index contributed by atoms with van der Waals surface area (Å²) < 4.78 is 0. The first-order valence-electron chi connectivity index (χ1n) is 3.33. The number of nitrogen functional groups attached to an aromatic ring is 1. The Balaban J connectivity index is 2.91. The van der Waals surface area contributed by atoms with Crippen LogP contribution in [0.2, 0.25) is 0 Å². The molecule has 0 spiro atoms. The Labute approximate surface area is 63.9 Å². The number of nitrogens with two attached hydrogens (primary N) is 1. The van der Waals surface area contributed by atoms with Gasteiger partial charge in [-0.3, -0.25) is 0 Å². The van der Waals surface area contributed by atoms with E-state index in [9.17, 15) is 0 Å². The molecule has 2 aromatic heterocycles. The molecular weight excluding hydrogens is 138 g/mol. The molecule has 0 radical (unpaired) electrons. The Morgan fingerprint density at radius 2 is 1.91 bits per heavy atom. The Morgan fingerprint density at radius 3 is 2.73 bits per heavy atom. The van der Waals surface area contributed by atoms with Gasteiger partial charge in [-0.05, 0) is 18.2 Å². The van der Waals surface area contributed by atoms with E-state index in [4.69, 9.17) is 5.73 Å². The van der Waals surface area contributed by atoms with Crippen LogP contribution in [0.1, 0.15) is 0 Å². The number of hydrogen-bond donors (Lipinski definition) is 1. The number of aromatic nitrogens is 2. The SMILES string of the molecule is Nc1ccnc2ncccc12. The maximum Gasteiger partial charge on any atom is 0.161 e. The lowest BCUT2D eigenvalue weighted by molar-refractivity contribution is 1.29. The van der Waals surface area contributed by atoms with Gasteiger partial charge in [0.15, 0.2) is 5.65 Å². The van der Waals surface area contributed by atoms with Gasteiger partial charge in [0.25, 0.3) is 0 Å². The summed E-state index contributed by atoms with van der Waals surface area (Å²) >= 11 is 0. The lowest BCUT2D eigenvalue weighted by Crippen LogP contribution is -1.89. The molecule has 0 bridgehead atoms. The molecule has 3 nitrogen and oxygen atoms in total. The number of rotatable bonds is 0. The quantitative estimate of drug-likeness (QED) is 0.606. The number of fused-ring (bicyclic) bond motifs is 1. The van der Waals surface area contributed by atoms with Crippen LogP contribution in [0.15, 0.2) is 30.6 Å². The van der Waals surface area contributed by atoms with E-state index in [2.05, 4.69) is 9.97 Å². The van der Waals surface area contributed by atoms with Gasteiger partial charge in [0.1, 0.15) is 0 Å². The summed E-state index contributed by atoms with van der Waals surface area (Å²) in [6.45, 7) is 0. The van der Waals surface area contributed by atoms with E-state index in [1.54, 1.807) is 18.5 Å². The molecule has 0 aliphatic heterocycles. The number of pyridine rings is 2. The van der Waals surface area contributed by atoms with Gasteiger partial charge in [0.2, 0.25) is 0 Å². The number of anilines is 1. The van der Waals surface area contributed by atoms with E-state index in [0.717, 1.165) is 11.1 Å². The van der Waals surface area contributed by atoms with Crippen molar-refractivity contribution in [2.75, 3.05) is 5.73 Å². The molecule has 2 heterocycles. The lowest BCUT2D eigenvalue weighted by Gasteiger charge is -1.96. The Morgan fingerprint density at radius 1 is 1.09 bits per heavy atom. The Bertz CT molecular complexity index is 378. The van der Waals surface area contributed by atoms with Crippen LogP contribution in [0.3, 0.4) is 0 Å². The molecular formula is C8H7N3. The maximum atomic E-state index is 5.68. The highest BCUT2D eigenvalue weighted by Crippen LogP contribution is 2.14. The van der Waals surface area contributed by atoms with Gasteiger partial charge in [0, 0.05) is 23.5 Å². The molecule has 0 atom stereocenters. The van der Waals surface area contributed by atoms with Crippen molar-refractivity contribution in [1.82, 2.24) is 9.97 Å². The molecule has 0 saturated heterocycles. The van der Waals surface area contributed by atoms with Gasteiger partial charge in [-0.2, -0.15) is 0 Å². The predicted molar refractivity (Wildman–Crippen MR) is 44.0 cm³/mol. The van der Waals surface area contributed by atoms with Gasteiger partial charge in [-0.25, -0.2) is 9.97 Å². The van der Waals surface area contributed by atoms with Crippen LogP contribution < -0.4 is 5.73 Å². The van der Waals surface area contributed by atoms with Crippen LogP contribution in [0.4, 0.5) is 5.69 Å². The monoisotopic (exact) mass is 145 g/mol. The minimum Gasteiger partial charge on any atom is -0.398 e. The molecule has 0 aliphatic rings. The van der Waals surface area contributed by atoms with Crippen LogP contribution in [-0.2, 0) is 0 Å². The van der Waals surface area contributed by atoms with E-state index in [0.29, 0.717) is 5.65 Å². The second kappa shape index (κ2) is 2.20. The maximum absolute atomic E-state index is 5.68. The molecule has 0 unspecified atom stereocenters. The van der Waals surface area contributed by atoms with Gasteiger partial charge in [-0.15, -0.1) is 0 Å². The number of nitrogens with zero attached hydrogens (tertiary/aromatic N) is 2. The average molecular weight is 145 g/mol. The minimum absolute atomic E-state index is 0.701. The summed E-state index contributed by atoms with van der Waals surface area (Å²) in [5.74, 6) is 0. The zero-order valence-electron chi connectivity index (χ0n) is 5.86. The highest BCUT2D eigenvalue weighted by atomic mass is 14.8. The van der Waals surface area contributed by atoms with Crippen molar-refractivity contribution in [3.8, 4) is 0 Å². The fraction of sp³-hybridized carbons (Fsp3) is 0. The molecule has 0 fully saturated rings. The highest BCUT2D eigenvalue weighted by Gasteiger charge is 1.95. The molecule has 54 valence electrons. The summed E-state index contributed by atoms with van der Waals surface area (Å²) in [7, 11) is 0. The molecule has 3 heteroatoms. The summed E-state index contributed by atoms with van der Waals surface area (Å²) in [5, 5.41) is 0.912. The van der Waals surface area contributed by atoms with Gasteiger partial charge >= 0.3 is 0 Å². The fourth-order valence-electron chi connectivity index (χ4n) is 1.00. The standard InChI is InChI=1S/C8H7N3/c9-7-3-5-11-8-6(7)2-1-4-10-8/h1-5H,(H2,9,10,11). The summed E-state index contributed by atoms with van der Waals surface area (Å²) in [5.41, 5.74) is 7.10. The lowest BCUT2D eigenvalue weighted by atomic mass is 10.2. The predicted octanol–water partition coefficient (Wildman–Crippen LogP) is 1.21. The molecule has 0 saturated carbocycles. The molecule has 2 aromatic rings. The van der Waals surface area contributed by atoms with Crippen molar-refractivity contribution in [2.45, 2.75) is 0 Å². The van der Waals surface area contributed by atoms with Gasteiger partial charge < -0.3 is 5.73 Å². The first-order valence-corrected chi connectivity index (χ1v) is 3.33. The molecule has 0 amide bonds. The van der Waals surface area contributed by atoms with Crippen molar-refractivity contribution in [3.05, 3.63) is 30.6 Å². The Hall–Kier alpha value is -1.64. The first-order chi connectivity index (χ1) is 5.38. The van der Waals surface area contributed by atoms with Crippen molar-refractivity contribution >= 4 is 16.7 Å². The third-order valence-corrected chi connectivity index (χ3v) is 1.55. The fourth-order valence-corrected chi connectivity index (χ4v) is 1.00. The van der Waals surface area contributed by atoms with Crippen molar-refractivity contribution in [3.63, 3.8) is 0 Å². The summed E-state index contributed by atoms with van der Waals surface area (Å²) in [6.07, 6.45) is 3.36. The van der Waals surface area contributed by atoms with Crippen molar-refractivity contribution in [1.29, 1.82) is 0 Å².